The molecule has 0 amide bonds. The maximum Gasteiger partial charge on any atom is 0.302 e. The molecule has 5 rings (SSSR count). The van der Waals surface area contributed by atoms with Crippen molar-refractivity contribution in [2.45, 2.75) is 119 Å². The fourth-order valence-corrected chi connectivity index (χ4v) is 12.0. The van der Waals surface area contributed by atoms with Crippen molar-refractivity contribution in [3.05, 3.63) is 12.2 Å². The summed E-state index contributed by atoms with van der Waals surface area (Å²) in [7, 11) is 0. The third-order valence-corrected chi connectivity index (χ3v) is 14.0. The Morgan fingerprint density at radius 2 is 1.54 bits per heavy atom. The minimum absolute atomic E-state index is 0.00488. The second-order valence-corrected chi connectivity index (χ2v) is 15.6. The smallest absolute Gasteiger partial charge is 0.302 e. The maximum atomic E-state index is 12.8. The van der Waals surface area contributed by atoms with Crippen molar-refractivity contribution in [2.75, 3.05) is 6.61 Å². The van der Waals surface area contributed by atoms with E-state index in [0.29, 0.717) is 17.8 Å². The van der Waals surface area contributed by atoms with E-state index in [0.717, 1.165) is 50.5 Å². The average molecular weight is 541 g/mol. The number of esters is 2. The standard InChI is InChI=1S/C34H52O5/c1-21(19-38-22(2)36)24-11-16-34(20-35)18-17-32(7)25(29(24)34)9-10-27-31(6)14-13-28(39-23(3)37)30(4,5)26(31)12-15-33(27,32)8/h20,24-29H,1,9-19H2,2-8H3/t24-,25+,26-,27+,28-,29+,31-,32+,33+,34+/m0/s1. The van der Waals surface area contributed by atoms with Crippen LogP contribution in [0.4, 0.5) is 0 Å². The van der Waals surface area contributed by atoms with Crippen molar-refractivity contribution in [3.63, 3.8) is 0 Å². The van der Waals surface area contributed by atoms with Gasteiger partial charge in [0.1, 0.15) is 19.0 Å². The topological polar surface area (TPSA) is 69.7 Å². The number of ether oxygens (including phenoxy) is 2. The summed E-state index contributed by atoms with van der Waals surface area (Å²) in [6.45, 7) is 20.1. The lowest BCUT2D eigenvalue weighted by molar-refractivity contribution is -0.248. The van der Waals surface area contributed by atoms with Crippen molar-refractivity contribution in [1.29, 1.82) is 0 Å². The average Bonchev–Trinajstić information content (AvgIpc) is 3.25. The third-order valence-electron chi connectivity index (χ3n) is 14.0. The highest BCUT2D eigenvalue weighted by Gasteiger charge is 2.71. The lowest BCUT2D eigenvalue weighted by Crippen LogP contribution is -2.67. The Morgan fingerprint density at radius 3 is 2.18 bits per heavy atom. The number of carbonyl (C=O) groups is 3. The first-order valence-electron chi connectivity index (χ1n) is 15.6. The molecular weight excluding hydrogens is 488 g/mol. The molecule has 0 aromatic heterocycles. The number of aldehydes is 1. The minimum atomic E-state index is -0.270. The van der Waals surface area contributed by atoms with E-state index in [1.807, 2.05) is 0 Å². The van der Waals surface area contributed by atoms with E-state index >= 15 is 0 Å². The Balaban J connectivity index is 1.48. The van der Waals surface area contributed by atoms with Crippen molar-refractivity contribution >= 4 is 18.2 Å². The summed E-state index contributed by atoms with van der Waals surface area (Å²) in [6, 6.07) is 0. The van der Waals surface area contributed by atoms with Crippen molar-refractivity contribution in [1.82, 2.24) is 0 Å². The second-order valence-electron chi connectivity index (χ2n) is 15.6. The molecule has 5 aliphatic rings. The van der Waals surface area contributed by atoms with Gasteiger partial charge in [0.2, 0.25) is 0 Å². The van der Waals surface area contributed by atoms with Gasteiger partial charge < -0.3 is 14.3 Å². The van der Waals surface area contributed by atoms with Crippen LogP contribution in [0.3, 0.4) is 0 Å². The van der Waals surface area contributed by atoms with E-state index in [2.05, 4.69) is 41.2 Å². The minimum Gasteiger partial charge on any atom is -0.462 e. The van der Waals surface area contributed by atoms with Crippen LogP contribution in [-0.2, 0) is 23.9 Å². The normalized spacial score (nSPS) is 48.0. The van der Waals surface area contributed by atoms with Gasteiger partial charge >= 0.3 is 11.9 Å². The van der Waals surface area contributed by atoms with E-state index in [1.54, 1.807) is 6.92 Å². The van der Waals surface area contributed by atoms with Crippen LogP contribution in [0.25, 0.3) is 0 Å². The largest absolute Gasteiger partial charge is 0.462 e. The molecule has 218 valence electrons. The van der Waals surface area contributed by atoms with Gasteiger partial charge in [0.05, 0.1) is 0 Å². The molecule has 5 heteroatoms. The van der Waals surface area contributed by atoms with Gasteiger partial charge in [0, 0.05) is 24.7 Å². The molecule has 5 saturated carbocycles. The van der Waals surface area contributed by atoms with E-state index in [1.165, 1.54) is 32.5 Å². The van der Waals surface area contributed by atoms with E-state index < -0.39 is 0 Å². The summed E-state index contributed by atoms with van der Waals surface area (Å²) in [6.07, 6.45) is 12.1. The number of carbonyl (C=O) groups excluding carboxylic acids is 3. The fraction of sp³-hybridized carbons (Fsp3) is 0.853. The van der Waals surface area contributed by atoms with Gasteiger partial charge in [0.15, 0.2) is 0 Å². The predicted octanol–water partition coefficient (Wildman–Crippen LogP) is 7.32. The zero-order chi connectivity index (χ0) is 28.6. The monoisotopic (exact) mass is 540 g/mol. The molecule has 0 N–H and O–H groups in total. The van der Waals surface area contributed by atoms with Crippen LogP contribution in [0.1, 0.15) is 113 Å². The van der Waals surface area contributed by atoms with Crippen molar-refractivity contribution in [2.24, 2.45) is 56.7 Å². The van der Waals surface area contributed by atoms with E-state index in [-0.39, 0.29) is 63.6 Å². The summed E-state index contributed by atoms with van der Waals surface area (Å²) >= 11 is 0. The Kier molecular flexibility index (Phi) is 6.99. The highest BCUT2D eigenvalue weighted by atomic mass is 16.5. The van der Waals surface area contributed by atoms with Crippen LogP contribution >= 0.6 is 0 Å². The fourth-order valence-electron chi connectivity index (χ4n) is 12.0. The van der Waals surface area contributed by atoms with Gasteiger partial charge in [-0.1, -0.05) is 41.2 Å². The molecule has 0 unspecified atom stereocenters. The van der Waals surface area contributed by atoms with Crippen LogP contribution in [0.5, 0.6) is 0 Å². The summed E-state index contributed by atoms with van der Waals surface area (Å²) in [5, 5.41) is 0. The summed E-state index contributed by atoms with van der Waals surface area (Å²) in [5.41, 5.74) is 1.27. The zero-order valence-corrected chi connectivity index (χ0v) is 25.6. The Hall–Kier alpha value is -1.65. The first-order chi connectivity index (χ1) is 18.2. The predicted molar refractivity (Wildman–Crippen MR) is 152 cm³/mol. The molecule has 10 atom stereocenters. The summed E-state index contributed by atoms with van der Waals surface area (Å²) in [5.74, 6) is 1.73. The van der Waals surface area contributed by atoms with E-state index in [9.17, 15) is 14.4 Å². The lowest BCUT2D eigenvalue weighted by Gasteiger charge is -2.72. The molecule has 0 spiro atoms. The zero-order valence-electron chi connectivity index (χ0n) is 25.6. The molecule has 0 bridgehead atoms. The molecule has 0 aromatic carbocycles. The Bertz CT molecular complexity index is 1050. The first-order valence-corrected chi connectivity index (χ1v) is 15.6. The number of rotatable bonds is 5. The summed E-state index contributed by atoms with van der Waals surface area (Å²) < 4.78 is 11.3. The van der Waals surface area contributed by atoms with Gasteiger partial charge in [-0.2, -0.15) is 0 Å². The van der Waals surface area contributed by atoms with Crippen molar-refractivity contribution < 1.29 is 23.9 Å². The highest BCUT2D eigenvalue weighted by Crippen LogP contribution is 2.77. The molecule has 5 aliphatic carbocycles. The number of hydrogen-bond acceptors (Lipinski definition) is 5. The number of fused-ring (bicyclic) bond motifs is 7. The Labute approximate surface area is 236 Å². The third kappa shape index (κ3) is 4.02. The van der Waals surface area contributed by atoms with Crippen LogP contribution in [0.15, 0.2) is 12.2 Å². The van der Waals surface area contributed by atoms with Gasteiger partial charge in [-0.25, -0.2) is 0 Å². The molecule has 39 heavy (non-hydrogen) atoms. The molecular formula is C34H52O5. The maximum absolute atomic E-state index is 12.8. The van der Waals surface area contributed by atoms with E-state index in [4.69, 9.17) is 9.47 Å². The summed E-state index contributed by atoms with van der Waals surface area (Å²) in [4.78, 5) is 36.3. The highest BCUT2D eigenvalue weighted by molar-refractivity contribution is 5.66. The van der Waals surface area contributed by atoms with Gasteiger partial charge in [-0.3, -0.25) is 9.59 Å². The van der Waals surface area contributed by atoms with Crippen LogP contribution in [0, 0.1) is 56.7 Å². The van der Waals surface area contributed by atoms with Gasteiger partial charge in [0.25, 0.3) is 0 Å². The molecule has 5 fully saturated rings. The number of hydrogen-bond donors (Lipinski definition) is 0. The van der Waals surface area contributed by atoms with Crippen molar-refractivity contribution in [3.8, 4) is 0 Å². The van der Waals surface area contributed by atoms with Gasteiger partial charge in [-0.15, -0.1) is 0 Å². The van der Waals surface area contributed by atoms with Gasteiger partial charge in [-0.05, 0) is 116 Å². The first kappa shape index (κ1) is 28.9. The molecule has 0 radical (unpaired) electrons. The molecule has 0 aromatic rings. The quantitative estimate of drug-likeness (QED) is 0.208. The SMILES string of the molecule is C=C(COC(C)=O)[C@@H]1CC[C@]2(C=O)CC[C@]3(C)[C@H](CC[C@@H]4[C@@]5(C)CC[C@H](OC(C)=O)C(C)(C)[C@@H]5CC[C@]43C)[C@@H]12. The molecule has 0 saturated heterocycles. The Morgan fingerprint density at radius 1 is 0.821 bits per heavy atom. The molecule has 0 heterocycles. The van der Waals surface area contributed by atoms with Crippen LogP contribution < -0.4 is 0 Å². The van der Waals surface area contributed by atoms with Crippen LogP contribution in [-0.4, -0.2) is 30.9 Å². The second kappa shape index (κ2) is 9.44. The lowest BCUT2D eigenvalue weighted by atomic mass is 9.32. The molecule has 5 nitrogen and oxygen atoms in total. The molecule has 0 aliphatic heterocycles. The van der Waals surface area contributed by atoms with Crippen LogP contribution in [0.2, 0.25) is 0 Å².